The summed E-state index contributed by atoms with van der Waals surface area (Å²) in [5.74, 6) is 0.187. The Hall–Kier alpha value is -0.860. The van der Waals surface area contributed by atoms with E-state index in [2.05, 4.69) is 38.1 Å². The Morgan fingerprint density at radius 3 is 2.67 bits per heavy atom. The van der Waals surface area contributed by atoms with E-state index in [-0.39, 0.29) is 11.3 Å². The first-order valence-corrected chi connectivity index (χ1v) is 6.96. The van der Waals surface area contributed by atoms with E-state index < -0.39 is 5.60 Å². The van der Waals surface area contributed by atoms with E-state index >= 15 is 0 Å². The molecule has 0 aliphatic heterocycles. The predicted octanol–water partition coefficient (Wildman–Crippen LogP) is 2.63. The Bertz CT molecular complexity index is 425. The van der Waals surface area contributed by atoms with Gasteiger partial charge in [0.05, 0.1) is 5.60 Å². The van der Waals surface area contributed by atoms with Crippen LogP contribution in [0.2, 0.25) is 0 Å². The molecule has 1 aliphatic rings. The standard InChI is InChI=1S/C16H25NO/c1-12(2)15(3,18)16(11-17)10-6-8-13-7-4-5-9-14(13)16/h4-5,7,9,12,18H,6,8,10-11,17H2,1-3H3. The fourth-order valence-electron chi connectivity index (χ4n) is 3.42. The minimum atomic E-state index is -0.766. The molecule has 0 radical (unpaired) electrons. The number of fused-ring (bicyclic) bond motifs is 1. The van der Waals surface area contributed by atoms with E-state index in [9.17, 15) is 5.11 Å². The van der Waals surface area contributed by atoms with Crippen LogP contribution in [0.4, 0.5) is 0 Å². The summed E-state index contributed by atoms with van der Waals surface area (Å²) in [6.45, 7) is 6.62. The number of benzene rings is 1. The lowest BCUT2D eigenvalue weighted by molar-refractivity contribution is -0.0662. The van der Waals surface area contributed by atoms with Gasteiger partial charge in [0.15, 0.2) is 0 Å². The molecule has 0 saturated carbocycles. The van der Waals surface area contributed by atoms with Gasteiger partial charge in [-0.1, -0.05) is 38.1 Å². The third-order valence-corrected chi connectivity index (χ3v) is 5.02. The molecule has 2 atom stereocenters. The van der Waals surface area contributed by atoms with Gasteiger partial charge in [0.25, 0.3) is 0 Å². The number of nitrogens with two attached hydrogens (primary N) is 1. The fraction of sp³-hybridized carbons (Fsp3) is 0.625. The zero-order valence-electron chi connectivity index (χ0n) is 11.7. The first-order chi connectivity index (χ1) is 8.45. The Morgan fingerprint density at radius 2 is 2.06 bits per heavy atom. The summed E-state index contributed by atoms with van der Waals surface area (Å²) in [5, 5.41) is 11.0. The van der Waals surface area contributed by atoms with E-state index in [0.717, 1.165) is 19.3 Å². The Morgan fingerprint density at radius 1 is 1.39 bits per heavy atom. The number of rotatable bonds is 3. The van der Waals surface area contributed by atoms with E-state index in [1.807, 2.05) is 6.92 Å². The quantitative estimate of drug-likeness (QED) is 0.862. The lowest BCUT2D eigenvalue weighted by Gasteiger charge is -2.50. The van der Waals surface area contributed by atoms with E-state index in [4.69, 9.17) is 5.73 Å². The number of hydrogen-bond donors (Lipinski definition) is 2. The van der Waals surface area contributed by atoms with Crippen LogP contribution in [0.3, 0.4) is 0 Å². The molecule has 1 aromatic rings. The van der Waals surface area contributed by atoms with Crippen molar-refractivity contribution < 1.29 is 5.11 Å². The second kappa shape index (κ2) is 4.67. The molecule has 0 heterocycles. The zero-order valence-corrected chi connectivity index (χ0v) is 11.7. The first-order valence-electron chi connectivity index (χ1n) is 6.96. The van der Waals surface area contributed by atoms with Crippen LogP contribution in [-0.2, 0) is 11.8 Å². The monoisotopic (exact) mass is 247 g/mol. The van der Waals surface area contributed by atoms with Crippen molar-refractivity contribution >= 4 is 0 Å². The van der Waals surface area contributed by atoms with E-state index in [1.54, 1.807) is 0 Å². The van der Waals surface area contributed by atoms with E-state index in [1.165, 1.54) is 11.1 Å². The Labute approximate surface area is 110 Å². The molecule has 100 valence electrons. The molecule has 18 heavy (non-hydrogen) atoms. The largest absolute Gasteiger partial charge is 0.389 e. The Balaban J connectivity index is 2.59. The van der Waals surface area contributed by atoms with Crippen LogP contribution >= 0.6 is 0 Å². The van der Waals surface area contributed by atoms with Gasteiger partial charge in [-0.15, -0.1) is 0 Å². The van der Waals surface area contributed by atoms with Gasteiger partial charge in [-0.05, 0) is 43.2 Å². The lowest BCUT2D eigenvalue weighted by atomic mass is 9.58. The normalized spacial score (nSPS) is 26.8. The molecule has 1 aliphatic carbocycles. The summed E-state index contributed by atoms with van der Waals surface area (Å²) in [6.07, 6.45) is 3.19. The van der Waals surface area contributed by atoms with Crippen LogP contribution in [0.1, 0.15) is 44.7 Å². The average Bonchev–Trinajstić information content (AvgIpc) is 2.37. The third kappa shape index (κ3) is 1.79. The average molecular weight is 247 g/mol. The van der Waals surface area contributed by atoms with Crippen molar-refractivity contribution in [1.82, 2.24) is 0 Å². The van der Waals surface area contributed by atoms with Gasteiger partial charge < -0.3 is 10.8 Å². The van der Waals surface area contributed by atoms with Gasteiger partial charge in [-0.2, -0.15) is 0 Å². The van der Waals surface area contributed by atoms with Crippen molar-refractivity contribution in [3.63, 3.8) is 0 Å². The van der Waals surface area contributed by atoms with Crippen molar-refractivity contribution in [1.29, 1.82) is 0 Å². The van der Waals surface area contributed by atoms with Crippen molar-refractivity contribution in [3.8, 4) is 0 Å². The molecule has 2 nitrogen and oxygen atoms in total. The highest BCUT2D eigenvalue weighted by molar-refractivity contribution is 5.40. The molecule has 0 amide bonds. The second-order valence-corrected chi connectivity index (χ2v) is 6.10. The van der Waals surface area contributed by atoms with Crippen LogP contribution in [0.15, 0.2) is 24.3 Å². The third-order valence-electron chi connectivity index (χ3n) is 5.02. The van der Waals surface area contributed by atoms with Gasteiger partial charge in [0.2, 0.25) is 0 Å². The van der Waals surface area contributed by atoms with Gasteiger partial charge in [-0.25, -0.2) is 0 Å². The SMILES string of the molecule is CC(C)C(C)(O)C1(CN)CCCc2ccccc21. The lowest BCUT2D eigenvalue weighted by Crippen LogP contribution is -2.58. The van der Waals surface area contributed by atoms with Gasteiger partial charge in [0, 0.05) is 12.0 Å². The molecule has 3 N–H and O–H groups in total. The van der Waals surface area contributed by atoms with Crippen LogP contribution in [-0.4, -0.2) is 17.3 Å². The maximum atomic E-state index is 11.0. The van der Waals surface area contributed by atoms with Crippen molar-refractivity contribution in [2.75, 3.05) is 6.54 Å². The molecule has 2 rings (SSSR count). The number of aryl methyl sites for hydroxylation is 1. The van der Waals surface area contributed by atoms with Crippen molar-refractivity contribution in [2.45, 2.75) is 51.0 Å². The molecule has 2 heteroatoms. The molecule has 0 bridgehead atoms. The topological polar surface area (TPSA) is 46.2 Å². The molecule has 0 saturated heterocycles. The minimum absolute atomic E-state index is 0.187. The number of aliphatic hydroxyl groups is 1. The minimum Gasteiger partial charge on any atom is -0.389 e. The van der Waals surface area contributed by atoms with Crippen molar-refractivity contribution in [3.05, 3.63) is 35.4 Å². The highest BCUT2D eigenvalue weighted by atomic mass is 16.3. The summed E-state index contributed by atoms with van der Waals surface area (Å²) in [4.78, 5) is 0. The summed E-state index contributed by atoms with van der Waals surface area (Å²) < 4.78 is 0. The number of hydrogen-bond acceptors (Lipinski definition) is 2. The van der Waals surface area contributed by atoms with Crippen LogP contribution in [0.25, 0.3) is 0 Å². The summed E-state index contributed by atoms with van der Waals surface area (Å²) in [7, 11) is 0. The summed E-state index contributed by atoms with van der Waals surface area (Å²) in [6, 6.07) is 8.47. The maximum absolute atomic E-state index is 11.0. The predicted molar refractivity (Wildman–Crippen MR) is 75.6 cm³/mol. The van der Waals surface area contributed by atoms with Gasteiger partial charge >= 0.3 is 0 Å². The molecule has 1 aromatic carbocycles. The molecule has 0 spiro atoms. The summed E-state index contributed by atoms with van der Waals surface area (Å²) in [5.41, 5.74) is 7.67. The van der Waals surface area contributed by atoms with E-state index in [0.29, 0.717) is 6.54 Å². The molecule has 2 unspecified atom stereocenters. The highest BCUT2D eigenvalue weighted by Crippen LogP contribution is 2.47. The fourth-order valence-corrected chi connectivity index (χ4v) is 3.42. The molecular weight excluding hydrogens is 222 g/mol. The molecule has 0 fully saturated rings. The molecule has 0 aromatic heterocycles. The first kappa shape index (κ1) is 13.6. The maximum Gasteiger partial charge on any atom is 0.0750 e. The van der Waals surface area contributed by atoms with Crippen molar-refractivity contribution in [2.24, 2.45) is 11.7 Å². The van der Waals surface area contributed by atoms with Crippen LogP contribution < -0.4 is 5.73 Å². The van der Waals surface area contributed by atoms with Gasteiger partial charge in [0.1, 0.15) is 0 Å². The van der Waals surface area contributed by atoms with Crippen LogP contribution in [0.5, 0.6) is 0 Å². The molecular formula is C16H25NO. The van der Waals surface area contributed by atoms with Gasteiger partial charge in [-0.3, -0.25) is 0 Å². The smallest absolute Gasteiger partial charge is 0.0750 e. The Kier molecular flexibility index (Phi) is 3.52. The highest BCUT2D eigenvalue weighted by Gasteiger charge is 2.50. The zero-order chi connectivity index (χ0) is 13.4. The van der Waals surface area contributed by atoms with Crippen LogP contribution in [0, 0.1) is 5.92 Å². The summed E-state index contributed by atoms with van der Waals surface area (Å²) >= 11 is 0. The second-order valence-electron chi connectivity index (χ2n) is 6.10.